The normalized spacial score (nSPS) is 15.2. The molecule has 0 saturated heterocycles. The van der Waals surface area contributed by atoms with Gasteiger partial charge in [-0.15, -0.1) is 0 Å². The van der Waals surface area contributed by atoms with Crippen LogP contribution in [0.4, 0.5) is 0 Å². The van der Waals surface area contributed by atoms with E-state index in [2.05, 4.69) is 22.2 Å². The molecule has 0 aromatic carbocycles. The number of nitrogens with zero attached hydrogens (tertiary/aromatic N) is 2. The Labute approximate surface area is 103 Å². The van der Waals surface area contributed by atoms with Gasteiger partial charge in [0, 0.05) is 18.5 Å². The maximum Gasteiger partial charge on any atom is 0.220 e. The van der Waals surface area contributed by atoms with Crippen molar-refractivity contribution in [2.24, 2.45) is 0 Å². The van der Waals surface area contributed by atoms with Gasteiger partial charge in [-0.05, 0) is 26.3 Å². The van der Waals surface area contributed by atoms with Gasteiger partial charge in [0.25, 0.3) is 0 Å². The fraction of sp³-hybridized carbons (Fsp3) is 0.692. The van der Waals surface area contributed by atoms with Crippen LogP contribution >= 0.6 is 0 Å². The number of nitrogens with one attached hydrogen (secondary N) is 1. The van der Waals surface area contributed by atoms with Crippen molar-refractivity contribution >= 4 is 0 Å². The Hall–Kier alpha value is -1.16. The molecule has 0 unspecified atom stereocenters. The van der Waals surface area contributed by atoms with Crippen LogP contribution in [0.15, 0.2) is 0 Å². The predicted octanol–water partition coefficient (Wildman–Crippen LogP) is 1.65. The Bertz CT molecular complexity index is 379. The molecule has 0 amide bonds. The first kappa shape index (κ1) is 12.3. The van der Waals surface area contributed by atoms with E-state index < -0.39 is 0 Å². The molecule has 2 rings (SSSR count). The molecular formula is C13H21N3O. The second-order valence-electron chi connectivity index (χ2n) is 4.45. The molecule has 0 bridgehead atoms. The fourth-order valence-electron chi connectivity index (χ4n) is 2.06. The van der Waals surface area contributed by atoms with Crippen LogP contribution in [0.5, 0.6) is 5.88 Å². The van der Waals surface area contributed by atoms with E-state index in [4.69, 9.17) is 4.74 Å². The van der Waals surface area contributed by atoms with E-state index in [0.29, 0.717) is 0 Å². The lowest BCUT2D eigenvalue weighted by molar-refractivity contribution is 0.292. The second-order valence-corrected chi connectivity index (χ2v) is 4.45. The summed E-state index contributed by atoms with van der Waals surface area (Å²) in [5, 5.41) is 3.38. The van der Waals surface area contributed by atoms with Crippen LogP contribution in [0.2, 0.25) is 0 Å². The summed E-state index contributed by atoms with van der Waals surface area (Å²) in [4.78, 5) is 8.97. The number of aryl methyl sites for hydroxylation is 1. The van der Waals surface area contributed by atoms with E-state index in [1.807, 2.05) is 6.92 Å². The maximum absolute atomic E-state index is 5.80. The summed E-state index contributed by atoms with van der Waals surface area (Å²) in [5.74, 6) is 1.63. The van der Waals surface area contributed by atoms with Crippen LogP contribution in [-0.4, -0.2) is 29.7 Å². The minimum Gasteiger partial charge on any atom is -0.477 e. The minimum absolute atomic E-state index is 0.757. The molecule has 2 heterocycles. The summed E-state index contributed by atoms with van der Waals surface area (Å²) in [6.07, 6.45) is 4.17. The molecule has 0 radical (unpaired) electrons. The molecule has 1 aliphatic rings. The van der Waals surface area contributed by atoms with Crippen LogP contribution in [0.1, 0.15) is 36.8 Å². The van der Waals surface area contributed by atoms with E-state index in [9.17, 15) is 0 Å². The molecule has 94 valence electrons. The lowest BCUT2D eigenvalue weighted by Gasteiger charge is -2.12. The van der Waals surface area contributed by atoms with Crippen molar-refractivity contribution in [1.82, 2.24) is 15.3 Å². The van der Waals surface area contributed by atoms with Crippen molar-refractivity contribution in [3.05, 3.63) is 17.1 Å². The van der Waals surface area contributed by atoms with Crippen LogP contribution in [0.3, 0.4) is 0 Å². The zero-order chi connectivity index (χ0) is 12.1. The number of fused-ring (bicyclic) bond motifs is 1. The van der Waals surface area contributed by atoms with Crippen molar-refractivity contribution in [2.45, 2.75) is 39.5 Å². The molecule has 0 spiro atoms. The third-order valence-corrected chi connectivity index (χ3v) is 2.99. The lowest BCUT2D eigenvalue weighted by atomic mass is 10.1. The Morgan fingerprint density at radius 1 is 1.24 bits per heavy atom. The van der Waals surface area contributed by atoms with Gasteiger partial charge >= 0.3 is 0 Å². The van der Waals surface area contributed by atoms with Crippen molar-refractivity contribution in [3.63, 3.8) is 0 Å². The van der Waals surface area contributed by atoms with E-state index >= 15 is 0 Å². The van der Waals surface area contributed by atoms with Gasteiger partial charge in [-0.1, -0.05) is 13.3 Å². The number of hydrogen-bond acceptors (Lipinski definition) is 4. The number of unbranched alkanes of at least 4 members (excludes halogenated alkanes) is 1. The average molecular weight is 235 g/mol. The number of hydrogen-bond donors (Lipinski definition) is 1. The van der Waals surface area contributed by atoms with E-state index in [0.717, 1.165) is 62.8 Å². The first-order chi connectivity index (χ1) is 8.31. The monoisotopic (exact) mass is 235 g/mol. The zero-order valence-electron chi connectivity index (χ0n) is 10.8. The molecule has 0 aliphatic carbocycles. The highest BCUT2D eigenvalue weighted by molar-refractivity contribution is 5.32. The number of rotatable bonds is 4. The van der Waals surface area contributed by atoms with Gasteiger partial charge in [0.2, 0.25) is 5.88 Å². The lowest BCUT2D eigenvalue weighted by Crippen LogP contribution is -2.16. The molecule has 1 aliphatic heterocycles. The Morgan fingerprint density at radius 2 is 2.06 bits per heavy atom. The summed E-state index contributed by atoms with van der Waals surface area (Å²) in [6.45, 7) is 6.85. The van der Waals surface area contributed by atoms with Gasteiger partial charge in [-0.2, -0.15) is 4.98 Å². The molecule has 1 aromatic rings. The van der Waals surface area contributed by atoms with Crippen LogP contribution < -0.4 is 10.1 Å². The first-order valence-electron chi connectivity index (χ1n) is 6.51. The topological polar surface area (TPSA) is 47.0 Å². The van der Waals surface area contributed by atoms with Gasteiger partial charge in [0.15, 0.2) is 0 Å². The SMILES string of the molecule is CCCCOc1nc(C)nc2c1CCNCC2. The van der Waals surface area contributed by atoms with Crippen LogP contribution in [-0.2, 0) is 12.8 Å². The quantitative estimate of drug-likeness (QED) is 0.806. The van der Waals surface area contributed by atoms with Crippen molar-refractivity contribution in [2.75, 3.05) is 19.7 Å². The summed E-state index contributed by atoms with van der Waals surface area (Å²) < 4.78 is 5.80. The third kappa shape index (κ3) is 3.16. The second kappa shape index (κ2) is 5.96. The molecule has 0 atom stereocenters. The Balaban J connectivity index is 2.20. The smallest absolute Gasteiger partial charge is 0.220 e. The van der Waals surface area contributed by atoms with E-state index in [1.54, 1.807) is 0 Å². The number of aromatic nitrogens is 2. The van der Waals surface area contributed by atoms with Crippen LogP contribution in [0.25, 0.3) is 0 Å². The average Bonchev–Trinajstić information content (AvgIpc) is 2.54. The van der Waals surface area contributed by atoms with Crippen molar-refractivity contribution < 1.29 is 4.74 Å². The molecular weight excluding hydrogens is 214 g/mol. The molecule has 4 nitrogen and oxygen atoms in total. The van der Waals surface area contributed by atoms with Gasteiger partial charge < -0.3 is 10.1 Å². The fourth-order valence-corrected chi connectivity index (χ4v) is 2.06. The molecule has 1 N–H and O–H groups in total. The van der Waals surface area contributed by atoms with Gasteiger partial charge in [-0.3, -0.25) is 0 Å². The third-order valence-electron chi connectivity index (χ3n) is 2.99. The molecule has 1 aromatic heterocycles. The zero-order valence-corrected chi connectivity index (χ0v) is 10.8. The molecule has 0 fully saturated rings. The maximum atomic E-state index is 5.80. The summed E-state index contributed by atoms with van der Waals surface area (Å²) >= 11 is 0. The molecule has 4 heteroatoms. The van der Waals surface area contributed by atoms with Gasteiger partial charge in [0.05, 0.1) is 12.3 Å². The highest BCUT2D eigenvalue weighted by Gasteiger charge is 2.16. The minimum atomic E-state index is 0.757. The Morgan fingerprint density at radius 3 is 2.88 bits per heavy atom. The summed E-state index contributed by atoms with van der Waals surface area (Å²) in [7, 11) is 0. The highest BCUT2D eigenvalue weighted by Crippen LogP contribution is 2.21. The first-order valence-corrected chi connectivity index (χ1v) is 6.51. The largest absolute Gasteiger partial charge is 0.477 e. The van der Waals surface area contributed by atoms with Crippen LogP contribution in [0, 0.1) is 6.92 Å². The Kier molecular flexibility index (Phi) is 4.31. The predicted molar refractivity (Wildman–Crippen MR) is 67.4 cm³/mol. The molecule has 0 saturated carbocycles. The van der Waals surface area contributed by atoms with E-state index in [-0.39, 0.29) is 0 Å². The molecule has 17 heavy (non-hydrogen) atoms. The highest BCUT2D eigenvalue weighted by atomic mass is 16.5. The van der Waals surface area contributed by atoms with Gasteiger partial charge in [-0.25, -0.2) is 4.98 Å². The standard InChI is InChI=1S/C13H21N3O/c1-3-4-9-17-13-11-5-7-14-8-6-12(11)15-10(2)16-13/h14H,3-9H2,1-2H3. The summed E-state index contributed by atoms with van der Waals surface area (Å²) in [6, 6.07) is 0. The number of ether oxygens (including phenoxy) is 1. The summed E-state index contributed by atoms with van der Waals surface area (Å²) in [5.41, 5.74) is 2.37. The van der Waals surface area contributed by atoms with Gasteiger partial charge in [0.1, 0.15) is 5.82 Å². The van der Waals surface area contributed by atoms with E-state index in [1.165, 1.54) is 5.56 Å². The van der Waals surface area contributed by atoms with Crippen molar-refractivity contribution in [1.29, 1.82) is 0 Å². The van der Waals surface area contributed by atoms with Crippen molar-refractivity contribution in [3.8, 4) is 5.88 Å².